The predicted molar refractivity (Wildman–Crippen MR) is 64.1 cm³/mol. The average Bonchev–Trinajstić information content (AvgIpc) is 3.09. The SMILES string of the molecule is O=C(O)CC(c1ccc(C(F)F)cc1Cl)C1CC1. The minimum absolute atomic E-state index is 0.00158. The number of hydrogen-bond donors (Lipinski definition) is 1. The van der Waals surface area contributed by atoms with E-state index in [1.165, 1.54) is 18.2 Å². The van der Waals surface area contributed by atoms with Gasteiger partial charge in [-0.1, -0.05) is 23.7 Å². The van der Waals surface area contributed by atoms with Gasteiger partial charge in [-0.25, -0.2) is 8.78 Å². The first kappa shape index (κ1) is 13.3. The summed E-state index contributed by atoms with van der Waals surface area (Å²) in [6.07, 6.45) is -0.607. The molecule has 1 aromatic carbocycles. The Hall–Kier alpha value is -1.16. The van der Waals surface area contributed by atoms with E-state index in [0.29, 0.717) is 11.5 Å². The fourth-order valence-electron chi connectivity index (χ4n) is 2.20. The quantitative estimate of drug-likeness (QED) is 0.872. The van der Waals surface area contributed by atoms with Crippen LogP contribution in [-0.4, -0.2) is 11.1 Å². The second-order valence-electron chi connectivity index (χ2n) is 4.62. The molecule has 2 rings (SSSR count). The van der Waals surface area contributed by atoms with Crippen LogP contribution in [0.15, 0.2) is 18.2 Å². The third-order valence-electron chi connectivity index (χ3n) is 3.26. The number of carbonyl (C=O) groups is 1. The number of hydrogen-bond acceptors (Lipinski definition) is 1. The Morgan fingerprint density at radius 3 is 2.56 bits per heavy atom. The van der Waals surface area contributed by atoms with Crippen LogP contribution in [0, 0.1) is 5.92 Å². The fraction of sp³-hybridized carbons (Fsp3) is 0.462. The normalized spacial score (nSPS) is 16.9. The molecule has 1 aromatic rings. The van der Waals surface area contributed by atoms with Crippen LogP contribution in [0.25, 0.3) is 0 Å². The molecule has 1 fully saturated rings. The maximum atomic E-state index is 12.5. The van der Waals surface area contributed by atoms with Crippen molar-refractivity contribution in [3.8, 4) is 0 Å². The Bertz CT molecular complexity index is 458. The summed E-state index contributed by atoms with van der Waals surface area (Å²) in [5, 5.41) is 9.13. The van der Waals surface area contributed by atoms with Crippen molar-refractivity contribution in [2.24, 2.45) is 5.92 Å². The lowest BCUT2D eigenvalue weighted by Gasteiger charge is -2.16. The van der Waals surface area contributed by atoms with Crippen LogP contribution in [0.3, 0.4) is 0 Å². The Kier molecular flexibility index (Phi) is 3.85. The van der Waals surface area contributed by atoms with Gasteiger partial charge in [-0.2, -0.15) is 0 Å². The Balaban J connectivity index is 2.27. The third-order valence-corrected chi connectivity index (χ3v) is 3.59. The molecule has 1 N–H and O–H groups in total. The highest BCUT2D eigenvalue weighted by Crippen LogP contribution is 2.46. The van der Waals surface area contributed by atoms with Crippen LogP contribution in [0.2, 0.25) is 5.02 Å². The molecule has 5 heteroatoms. The summed E-state index contributed by atoms with van der Waals surface area (Å²) in [6, 6.07) is 4.09. The van der Waals surface area contributed by atoms with Crippen molar-refractivity contribution in [1.82, 2.24) is 0 Å². The molecule has 1 unspecified atom stereocenters. The van der Waals surface area contributed by atoms with Crippen molar-refractivity contribution < 1.29 is 18.7 Å². The van der Waals surface area contributed by atoms with Gasteiger partial charge in [0.15, 0.2) is 0 Å². The number of carboxylic acid groups (broad SMARTS) is 1. The number of rotatable bonds is 5. The number of aliphatic carboxylic acids is 1. The van der Waals surface area contributed by atoms with E-state index >= 15 is 0 Å². The minimum Gasteiger partial charge on any atom is -0.481 e. The monoisotopic (exact) mass is 274 g/mol. The highest BCUT2D eigenvalue weighted by atomic mass is 35.5. The van der Waals surface area contributed by atoms with Gasteiger partial charge in [0.1, 0.15) is 0 Å². The summed E-state index contributed by atoms with van der Waals surface area (Å²) >= 11 is 6.00. The van der Waals surface area contributed by atoms with Crippen molar-refractivity contribution in [2.45, 2.75) is 31.6 Å². The lowest BCUT2D eigenvalue weighted by Crippen LogP contribution is -2.09. The zero-order valence-electron chi connectivity index (χ0n) is 9.57. The molecule has 0 spiro atoms. The molecule has 0 aromatic heterocycles. The molecule has 0 radical (unpaired) electrons. The molecule has 0 bridgehead atoms. The highest BCUT2D eigenvalue weighted by molar-refractivity contribution is 6.31. The molecule has 98 valence electrons. The molecule has 1 aliphatic carbocycles. The Morgan fingerprint density at radius 1 is 1.44 bits per heavy atom. The molecule has 18 heavy (non-hydrogen) atoms. The number of alkyl halides is 2. The molecular weight excluding hydrogens is 262 g/mol. The van der Waals surface area contributed by atoms with Crippen molar-refractivity contribution in [3.63, 3.8) is 0 Å². The number of halogens is 3. The van der Waals surface area contributed by atoms with Crippen LogP contribution in [0.1, 0.15) is 42.7 Å². The van der Waals surface area contributed by atoms with E-state index in [0.717, 1.165) is 12.8 Å². The molecule has 0 heterocycles. The zero-order valence-corrected chi connectivity index (χ0v) is 10.3. The van der Waals surface area contributed by atoms with Gasteiger partial charge in [0.05, 0.1) is 6.42 Å². The molecule has 0 saturated heterocycles. The van der Waals surface area contributed by atoms with E-state index in [2.05, 4.69) is 0 Å². The molecule has 1 aliphatic rings. The van der Waals surface area contributed by atoms with Crippen molar-refractivity contribution in [2.75, 3.05) is 0 Å². The van der Waals surface area contributed by atoms with E-state index in [1.807, 2.05) is 0 Å². The smallest absolute Gasteiger partial charge is 0.303 e. The van der Waals surface area contributed by atoms with Gasteiger partial charge in [-0.05, 0) is 36.3 Å². The predicted octanol–water partition coefficient (Wildman–Crippen LogP) is 4.25. The second-order valence-corrected chi connectivity index (χ2v) is 5.03. The average molecular weight is 275 g/mol. The van der Waals surface area contributed by atoms with Gasteiger partial charge >= 0.3 is 5.97 Å². The number of carboxylic acids is 1. The maximum Gasteiger partial charge on any atom is 0.303 e. The van der Waals surface area contributed by atoms with Crippen molar-refractivity contribution in [1.29, 1.82) is 0 Å². The lowest BCUT2D eigenvalue weighted by molar-refractivity contribution is -0.137. The van der Waals surface area contributed by atoms with Gasteiger partial charge in [0.25, 0.3) is 6.43 Å². The molecule has 0 aliphatic heterocycles. The number of benzene rings is 1. The molecule has 1 atom stereocenters. The fourth-order valence-corrected chi connectivity index (χ4v) is 2.53. The highest BCUT2D eigenvalue weighted by Gasteiger charge is 2.34. The second kappa shape index (κ2) is 5.22. The standard InChI is InChI=1S/C13H13ClF2O2/c14-11-5-8(13(15)16)3-4-9(11)10(6-12(17)18)7-1-2-7/h3-5,7,10,13H,1-2,6H2,(H,17,18). The summed E-state index contributed by atoms with van der Waals surface area (Å²) in [5.41, 5.74) is 0.541. The van der Waals surface area contributed by atoms with E-state index in [9.17, 15) is 13.6 Å². The van der Waals surface area contributed by atoms with Crippen LogP contribution in [0.5, 0.6) is 0 Å². The van der Waals surface area contributed by atoms with E-state index in [1.54, 1.807) is 0 Å². The van der Waals surface area contributed by atoms with Gasteiger partial charge in [-0.3, -0.25) is 4.79 Å². The molecule has 2 nitrogen and oxygen atoms in total. The summed E-state index contributed by atoms with van der Waals surface area (Å²) < 4.78 is 25.0. The summed E-state index contributed by atoms with van der Waals surface area (Å²) in [4.78, 5) is 10.8. The third kappa shape index (κ3) is 2.99. The van der Waals surface area contributed by atoms with Crippen LogP contribution in [0.4, 0.5) is 8.78 Å². The van der Waals surface area contributed by atoms with Gasteiger partial charge < -0.3 is 5.11 Å². The van der Waals surface area contributed by atoms with Crippen LogP contribution in [-0.2, 0) is 4.79 Å². The van der Waals surface area contributed by atoms with E-state index in [4.69, 9.17) is 16.7 Å². The molecule has 1 saturated carbocycles. The summed E-state index contributed by atoms with van der Waals surface area (Å²) in [7, 11) is 0. The van der Waals surface area contributed by atoms with E-state index < -0.39 is 12.4 Å². The van der Waals surface area contributed by atoms with Gasteiger partial charge in [0, 0.05) is 10.6 Å². The first-order valence-corrected chi connectivity index (χ1v) is 6.16. The van der Waals surface area contributed by atoms with Crippen molar-refractivity contribution in [3.05, 3.63) is 34.3 Å². The zero-order chi connectivity index (χ0) is 13.3. The van der Waals surface area contributed by atoms with Crippen LogP contribution < -0.4 is 0 Å². The molecule has 0 amide bonds. The first-order valence-electron chi connectivity index (χ1n) is 5.78. The van der Waals surface area contributed by atoms with E-state index in [-0.39, 0.29) is 22.9 Å². The summed E-state index contributed by atoms with van der Waals surface area (Å²) in [5.74, 6) is -0.737. The topological polar surface area (TPSA) is 37.3 Å². The van der Waals surface area contributed by atoms with Crippen molar-refractivity contribution >= 4 is 17.6 Å². The Labute approximate surface area is 109 Å². The van der Waals surface area contributed by atoms with Gasteiger partial charge in [0.2, 0.25) is 0 Å². The van der Waals surface area contributed by atoms with Gasteiger partial charge in [-0.15, -0.1) is 0 Å². The Morgan fingerprint density at radius 2 is 2.11 bits per heavy atom. The minimum atomic E-state index is -2.56. The lowest BCUT2D eigenvalue weighted by atomic mass is 9.90. The first-order chi connectivity index (χ1) is 8.49. The van der Waals surface area contributed by atoms with Crippen LogP contribution >= 0.6 is 11.6 Å². The largest absolute Gasteiger partial charge is 0.481 e. The molecular formula is C13H13ClF2O2. The summed E-state index contributed by atoms with van der Waals surface area (Å²) in [6.45, 7) is 0. The maximum absolute atomic E-state index is 12.5.